The minimum atomic E-state index is 0.597. The van der Waals surface area contributed by atoms with Crippen molar-refractivity contribution in [3.05, 3.63) is 10.6 Å². The molecular weight excluding hydrogens is 250 g/mol. The van der Waals surface area contributed by atoms with Crippen LogP contribution in [0.4, 0.5) is 5.13 Å². The Bertz CT molecular complexity index is 365. The van der Waals surface area contributed by atoms with E-state index in [0.29, 0.717) is 12.6 Å². The van der Waals surface area contributed by atoms with Crippen LogP contribution in [0.1, 0.15) is 30.8 Å². The summed E-state index contributed by atoms with van der Waals surface area (Å²) < 4.78 is 0. The fourth-order valence-corrected chi connectivity index (χ4v) is 4.22. The summed E-state index contributed by atoms with van der Waals surface area (Å²) in [6.45, 7) is 6.23. The predicted octanol–water partition coefficient (Wildman–Crippen LogP) is 2.50. The van der Waals surface area contributed by atoms with Gasteiger partial charge >= 0.3 is 0 Å². The van der Waals surface area contributed by atoms with E-state index < -0.39 is 0 Å². The van der Waals surface area contributed by atoms with E-state index in [4.69, 9.17) is 10.7 Å². The number of rotatable bonds is 4. The molecule has 1 aliphatic heterocycles. The molecular formula is C12H21N3S2. The summed E-state index contributed by atoms with van der Waals surface area (Å²) in [4.78, 5) is 8.51. The van der Waals surface area contributed by atoms with Crippen LogP contribution in [0.2, 0.25) is 0 Å². The maximum atomic E-state index is 5.81. The monoisotopic (exact) mass is 271 g/mol. The Labute approximate surface area is 112 Å². The fourth-order valence-electron chi connectivity index (χ4n) is 2.10. The first-order chi connectivity index (χ1) is 8.26. The first-order valence-electron chi connectivity index (χ1n) is 6.29. The Hall–Kier alpha value is -0.260. The lowest BCUT2D eigenvalue weighted by Gasteiger charge is -2.32. The van der Waals surface area contributed by atoms with E-state index in [1.807, 2.05) is 11.8 Å². The lowest BCUT2D eigenvalue weighted by Crippen LogP contribution is -2.40. The second-order valence-corrected chi connectivity index (χ2v) is 6.65. The summed E-state index contributed by atoms with van der Waals surface area (Å²) in [5.74, 6) is 2.42. The Balaban J connectivity index is 2.19. The standard InChI is InChI=1S/C12H21N3S2/c1-3-4-10-11(7-13)17-12(14-10)15-5-6-16-8-9(15)2/h9H,3-8,13H2,1-2H3. The third-order valence-corrected chi connectivity index (χ3v) is 5.40. The van der Waals surface area contributed by atoms with Gasteiger partial charge in [0.15, 0.2) is 5.13 Å². The number of hydrogen-bond acceptors (Lipinski definition) is 5. The Morgan fingerprint density at radius 1 is 1.53 bits per heavy atom. The zero-order valence-corrected chi connectivity index (χ0v) is 12.2. The van der Waals surface area contributed by atoms with E-state index in [1.54, 1.807) is 11.3 Å². The number of anilines is 1. The summed E-state index contributed by atoms with van der Waals surface area (Å²) >= 11 is 3.83. The molecule has 2 rings (SSSR count). The summed E-state index contributed by atoms with van der Waals surface area (Å²) in [6.07, 6.45) is 2.20. The van der Waals surface area contributed by atoms with Gasteiger partial charge in [-0.1, -0.05) is 13.3 Å². The van der Waals surface area contributed by atoms with Crippen molar-refractivity contribution in [2.45, 2.75) is 39.3 Å². The predicted molar refractivity (Wildman–Crippen MR) is 78.1 cm³/mol. The molecule has 1 aliphatic rings. The molecule has 2 N–H and O–H groups in total. The summed E-state index contributed by atoms with van der Waals surface area (Å²) in [6, 6.07) is 0.597. The highest BCUT2D eigenvalue weighted by atomic mass is 32.2. The van der Waals surface area contributed by atoms with Crippen LogP contribution < -0.4 is 10.6 Å². The zero-order chi connectivity index (χ0) is 12.3. The Morgan fingerprint density at radius 3 is 3.00 bits per heavy atom. The normalized spacial score (nSPS) is 20.9. The fraction of sp³-hybridized carbons (Fsp3) is 0.750. The van der Waals surface area contributed by atoms with Crippen LogP contribution >= 0.6 is 23.1 Å². The van der Waals surface area contributed by atoms with Crippen LogP contribution in [0, 0.1) is 0 Å². The highest BCUT2D eigenvalue weighted by Gasteiger charge is 2.22. The molecule has 0 spiro atoms. The second kappa shape index (κ2) is 6.07. The third kappa shape index (κ3) is 2.95. The van der Waals surface area contributed by atoms with E-state index >= 15 is 0 Å². The molecule has 0 radical (unpaired) electrons. The van der Waals surface area contributed by atoms with Crippen molar-refractivity contribution in [1.29, 1.82) is 0 Å². The maximum absolute atomic E-state index is 5.81. The maximum Gasteiger partial charge on any atom is 0.186 e. The number of aryl methyl sites for hydroxylation is 1. The summed E-state index contributed by atoms with van der Waals surface area (Å²) in [5.41, 5.74) is 7.03. The smallest absolute Gasteiger partial charge is 0.186 e. The van der Waals surface area contributed by atoms with Gasteiger partial charge in [0.05, 0.1) is 5.69 Å². The van der Waals surface area contributed by atoms with Crippen molar-refractivity contribution >= 4 is 28.2 Å². The molecule has 0 saturated carbocycles. The van der Waals surface area contributed by atoms with E-state index in [9.17, 15) is 0 Å². The van der Waals surface area contributed by atoms with Gasteiger partial charge in [-0.05, 0) is 13.3 Å². The molecule has 0 bridgehead atoms. The van der Waals surface area contributed by atoms with Gasteiger partial charge in [0, 0.05) is 35.5 Å². The Morgan fingerprint density at radius 2 is 2.35 bits per heavy atom. The van der Waals surface area contributed by atoms with Crippen molar-refractivity contribution in [1.82, 2.24) is 4.98 Å². The molecule has 96 valence electrons. The van der Waals surface area contributed by atoms with Gasteiger partial charge in [0.1, 0.15) is 0 Å². The van der Waals surface area contributed by atoms with Crippen molar-refractivity contribution in [2.24, 2.45) is 5.73 Å². The van der Waals surface area contributed by atoms with Gasteiger partial charge in [0.25, 0.3) is 0 Å². The molecule has 17 heavy (non-hydrogen) atoms. The molecule has 1 fully saturated rings. The molecule has 0 aliphatic carbocycles. The van der Waals surface area contributed by atoms with Gasteiger partial charge in [-0.25, -0.2) is 4.98 Å². The van der Waals surface area contributed by atoms with Gasteiger partial charge in [-0.15, -0.1) is 11.3 Å². The molecule has 0 amide bonds. The van der Waals surface area contributed by atoms with Crippen molar-refractivity contribution in [2.75, 3.05) is 23.0 Å². The van der Waals surface area contributed by atoms with Gasteiger partial charge in [-0.2, -0.15) is 11.8 Å². The molecule has 1 aromatic rings. The largest absolute Gasteiger partial charge is 0.344 e. The van der Waals surface area contributed by atoms with Gasteiger partial charge < -0.3 is 10.6 Å². The van der Waals surface area contributed by atoms with Crippen LogP contribution in [-0.2, 0) is 13.0 Å². The molecule has 1 aromatic heterocycles. The number of nitrogens with zero attached hydrogens (tertiary/aromatic N) is 2. The minimum absolute atomic E-state index is 0.597. The molecule has 2 heterocycles. The van der Waals surface area contributed by atoms with Gasteiger partial charge in [-0.3, -0.25) is 0 Å². The number of thiazole rings is 1. The topological polar surface area (TPSA) is 42.2 Å². The van der Waals surface area contributed by atoms with Crippen LogP contribution in [0.25, 0.3) is 0 Å². The lowest BCUT2D eigenvalue weighted by atomic mass is 10.2. The first-order valence-corrected chi connectivity index (χ1v) is 8.26. The van der Waals surface area contributed by atoms with Crippen molar-refractivity contribution in [3.63, 3.8) is 0 Å². The number of thioether (sulfide) groups is 1. The van der Waals surface area contributed by atoms with Crippen molar-refractivity contribution in [3.8, 4) is 0 Å². The Kier molecular flexibility index (Phi) is 4.70. The zero-order valence-electron chi connectivity index (χ0n) is 10.6. The number of aromatic nitrogens is 1. The average Bonchev–Trinajstić information content (AvgIpc) is 2.73. The third-order valence-electron chi connectivity index (χ3n) is 3.05. The average molecular weight is 271 g/mol. The molecule has 3 nitrogen and oxygen atoms in total. The van der Waals surface area contributed by atoms with E-state index in [2.05, 4.69) is 18.7 Å². The van der Waals surface area contributed by atoms with E-state index in [-0.39, 0.29) is 0 Å². The highest BCUT2D eigenvalue weighted by Crippen LogP contribution is 2.30. The molecule has 0 aromatic carbocycles. The SMILES string of the molecule is CCCc1nc(N2CCSCC2C)sc1CN. The van der Waals surface area contributed by atoms with Crippen LogP contribution in [0.15, 0.2) is 0 Å². The van der Waals surface area contributed by atoms with Crippen LogP contribution in [0.3, 0.4) is 0 Å². The summed E-state index contributed by atoms with van der Waals surface area (Å²) in [5, 5.41) is 1.18. The van der Waals surface area contributed by atoms with E-state index in [1.165, 1.54) is 27.2 Å². The second-order valence-electron chi connectivity index (χ2n) is 4.44. The highest BCUT2D eigenvalue weighted by molar-refractivity contribution is 7.99. The first kappa shape index (κ1) is 13.2. The molecule has 1 unspecified atom stereocenters. The lowest BCUT2D eigenvalue weighted by molar-refractivity contribution is 0.695. The van der Waals surface area contributed by atoms with Crippen molar-refractivity contribution < 1.29 is 0 Å². The summed E-state index contributed by atoms with van der Waals surface area (Å²) in [7, 11) is 0. The van der Waals surface area contributed by atoms with Gasteiger partial charge in [0.2, 0.25) is 0 Å². The number of nitrogens with two attached hydrogens (primary N) is 1. The molecule has 1 saturated heterocycles. The van der Waals surface area contributed by atoms with Crippen LogP contribution in [-0.4, -0.2) is 29.1 Å². The minimum Gasteiger partial charge on any atom is -0.344 e. The number of hydrogen-bond donors (Lipinski definition) is 1. The quantitative estimate of drug-likeness (QED) is 0.913. The van der Waals surface area contributed by atoms with Crippen LogP contribution in [0.5, 0.6) is 0 Å². The molecule has 1 atom stereocenters. The van der Waals surface area contributed by atoms with E-state index in [0.717, 1.165) is 19.4 Å². The molecule has 5 heteroatoms.